The smallest absolute Gasteiger partial charge is 0.162 e. The molecule has 15 heavy (non-hydrogen) atoms. The topological polar surface area (TPSA) is 58.6 Å². The molecule has 1 aromatic rings. The van der Waals surface area contributed by atoms with Crippen LogP contribution in [0.25, 0.3) is 0 Å². The van der Waals surface area contributed by atoms with Gasteiger partial charge in [-0.1, -0.05) is 15.9 Å². The van der Waals surface area contributed by atoms with Crippen LogP contribution >= 0.6 is 15.9 Å². The van der Waals surface area contributed by atoms with E-state index < -0.39 is 5.97 Å². The van der Waals surface area contributed by atoms with Gasteiger partial charge in [0, 0.05) is 16.9 Å². The van der Waals surface area contributed by atoms with Gasteiger partial charge in [0.15, 0.2) is 11.5 Å². The summed E-state index contributed by atoms with van der Waals surface area (Å²) in [4.78, 5) is 10.5. The molecule has 1 aliphatic rings. The van der Waals surface area contributed by atoms with Crippen LogP contribution in [0.2, 0.25) is 0 Å². The Kier molecular flexibility index (Phi) is 2.81. The van der Waals surface area contributed by atoms with Gasteiger partial charge < -0.3 is 19.4 Å². The van der Waals surface area contributed by atoms with Crippen LogP contribution < -0.4 is 14.6 Å². The average Bonchev–Trinajstić information content (AvgIpc) is 2.18. The molecule has 1 aliphatic heterocycles. The zero-order chi connectivity index (χ0) is 10.8. The van der Waals surface area contributed by atoms with Gasteiger partial charge in [-0.05, 0) is 17.7 Å². The predicted molar refractivity (Wildman–Crippen MR) is 53.8 cm³/mol. The second-order valence-corrected chi connectivity index (χ2v) is 3.99. The summed E-state index contributed by atoms with van der Waals surface area (Å²) >= 11 is 3.28. The van der Waals surface area contributed by atoms with Gasteiger partial charge in [0.2, 0.25) is 0 Å². The lowest BCUT2D eigenvalue weighted by atomic mass is 10.1. The Balaban J connectivity index is 2.36. The monoisotopic (exact) mass is 271 g/mol. The lowest BCUT2D eigenvalue weighted by molar-refractivity contribution is -0.304. The van der Waals surface area contributed by atoms with Gasteiger partial charge in [-0.25, -0.2) is 0 Å². The van der Waals surface area contributed by atoms with Crippen molar-refractivity contribution in [2.45, 2.75) is 6.42 Å². The van der Waals surface area contributed by atoms with Crippen LogP contribution in [0.5, 0.6) is 11.5 Å². The molecule has 0 saturated heterocycles. The van der Waals surface area contributed by atoms with Crippen molar-refractivity contribution in [3.8, 4) is 11.5 Å². The second kappa shape index (κ2) is 4.10. The molecule has 2 rings (SSSR count). The van der Waals surface area contributed by atoms with Crippen molar-refractivity contribution >= 4 is 21.9 Å². The van der Waals surface area contributed by atoms with Crippen LogP contribution in [0, 0.1) is 0 Å². The second-order valence-electron chi connectivity index (χ2n) is 3.14. The molecule has 4 nitrogen and oxygen atoms in total. The van der Waals surface area contributed by atoms with E-state index in [0.29, 0.717) is 34.7 Å². The minimum Gasteiger partial charge on any atom is -0.550 e. The van der Waals surface area contributed by atoms with Gasteiger partial charge >= 0.3 is 0 Å². The van der Waals surface area contributed by atoms with Gasteiger partial charge in [-0.3, -0.25) is 0 Å². The fourth-order valence-electron chi connectivity index (χ4n) is 1.40. The number of hydrogen-bond donors (Lipinski definition) is 0. The number of rotatable bonds is 2. The van der Waals surface area contributed by atoms with E-state index in [0.717, 1.165) is 0 Å². The first-order valence-electron chi connectivity index (χ1n) is 4.44. The van der Waals surface area contributed by atoms with Crippen molar-refractivity contribution < 1.29 is 19.4 Å². The lowest BCUT2D eigenvalue weighted by Crippen LogP contribution is -2.24. The first-order valence-corrected chi connectivity index (χ1v) is 5.24. The van der Waals surface area contributed by atoms with E-state index >= 15 is 0 Å². The van der Waals surface area contributed by atoms with E-state index in [4.69, 9.17) is 9.47 Å². The highest BCUT2D eigenvalue weighted by Crippen LogP contribution is 2.35. The molecule has 0 aliphatic carbocycles. The van der Waals surface area contributed by atoms with Crippen molar-refractivity contribution in [3.05, 3.63) is 22.2 Å². The summed E-state index contributed by atoms with van der Waals surface area (Å²) < 4.78 is 11.4. The molecule has 0 fully saturated rings. The molecule has 0 saturated carbocycles. The fourth-order valence-corrected chi connectivity index (χ4v) is 1.86. The number of halogens is 1. The summed E-state index contributed by atoms with van der Waals surface area (Å²) in [5.74, 6) is 0.100. The van der Waals surface area contributed by atoms with Crippen LogP contribution in [-0.2, 0) is 11.2 Å². The lowest BCUT2D eigenvalue weighted by Gasteiger charge is -2.20. The fraction of sp³-hybridized carbons (Fsp3) is 0.300. The van der Waals surface area contributed by atoms with Gasteiger partial charge in [0.25, 0.3) is 0 Å². The Morgan fingerprint density at radius 1 is 1.33 bits per heavy atom. The number of fused-ring (bicyclic) bond motifs is 1. The highest BCUT2D eigenvalue weighted by Gasteiger charge is 2.14. The molecule has 5 heteroatoms. The number of hydrogen-bond acceptors (Lipinski definition) is 4. The Morgan fingerprint density at radius 2 is 1.93 bits per heavy atom. The van der Waals surface area contributed by atoms with Crippen molar-refractivity contribution in [2.75, 3.05) is 13.2 Å². The molecule has 0 spiro atoms. The van der Waals surface area contributed by atoms with Crippen LogP contribution in [-0.4, -0.2) is 19.2 Å². The first-order chi connectivity index (χ1) is 7.16. The minimum atomic E-state index is -1.12. The molecule has 0 aromatic heterocycles. The van der Waals surface area contributed by atoms with E-state index in [-0.39, 0.29) is 6.42 Å². The maximum Gasteiger partial charge on any atom is 0.162 e. The quantitative estimate of drug-likeness (QED) is 0.787. The summed E-state index contributed by atoms with van der Waals surface area (Å²) in [6.07, 6.45) is -0.142. The maximum absolute atomic E-state index is 10.5. The zero-order valence-corrected chi connectivity index (χ0v) is 9.37. The zero-order valence-electron chi connectivity index (χ0n) is 7.79. The molecule has 0 bridgehead atoms. The van der Waals surface area contributed by atoms with Gasteiger partial charge in [-0.2, -0.15) is 0 Å². The third-order valence-corrected chi connectivity index (χ3v) is 2.78. The average molecular weight is 272 g/mol. The summed E-state index contributed by atoms with van der Waals surface area (Å²) in [5, 5.41) is 10.5. The minimum absolute atomic E-state index is 0.142. The van der Waals surface area contributed by atoms with Gasteiger partial charge in [-0.15, -0.1) is 0 Å². The van der Waals surface area contributed by atoms with Crippen LogP contribution in [0.3, 0.4) is 0 Å². The number of carboxylic acid groups (broad SMARTS) is 1. The molecule has 0 amide bonds. The predicted octanol–water partition coefficient (Wildman–Crippen LogP) is 0.513. The third-order valence-electron chi connectivity index (χ3n) is 2.05. The number of ether oxygens (including phenoxy) is 2. The van der Waals surface area contributed by atoms with Crippen LogP contribution in [0.1, 0.15) is 5.56 Å². The molecule has 0 radical (unpaired) electrons. The largest absolute Gasteiger partial charge is 0.550 e. The van der Waals surface area contributed by atoms with Crippen molar-refractivity contribution in [1.82, 2.24) is 0 Å². The summed E-state index contributed by atoms with van der Waals surface area (Å²) in [7, 11) is 0. The van der Waals surface area contributed by atoms with Crippen LogP contribution in [0.4, 0.5) is 0 Å². The Labute approximate surface area is 94.9 Å². The van der Waals surface area contributed by atoms with E-state index in [1.54, 1.807) is 12.1 Å². The van der Waals surface area contributed by atoms with Crippen molar-refractivity contribution in [1.29, 1.82) is 0 Å². The van der Waals surface area contributed by atoms with Crippen LogP contribution in [0.15, 0.2) is 16.6 Å². The molecule has 0 unspecified atom stereocenters. The van der Waals surface area contributed by atoms with E-state index in [1.165, 1.54) is 0 Å². The van der Waals surface area contributed by atoms with Gasteiger partial charge in [0.1, 0.15) is 13.2 Å². The molecule has 80 valence electrons. The summed E-state index contributed by atoms with van der Waals surface area (Å²) in [6.45, 7) is 0.999. The SMILES string of the molecule is O=C([O-])Cc1cc2c(cc1Br)OCCO2. The highest BCUT2D eigenvalue weighted by atomic mass is 79.9. The van der Waals surface area contributed by atoms with E-state index in [9.17, 15) is 9.90 Å². The Hall–Kier alpha value is -1.23. The summed E-state index contributed by atoms with van der Waals surface area (Å²) in [5.41, 5.74) is 0.624. The summed E-state index contributed by atoms with van der Waals surface area (Å²) in [6, 6.07) is 3.38. The molecule has 1 heterocycles. The molecule has 0 atom stereocenters. The van der Waals surface area contributed by atoms with E-state index in [2.05, 4.69) is 15.9 Å². The highest BCUT2D eigenvalue weighted by molar-refractivity contribution is 9.10. The molecule has 0 N–H and O–H groups in total. The number of aliphatic carboxylic acids is 1. The standard InChI is InChI=1S/C10H9BrO4/c11-7-5-9-8(14-1-2-15-9)3-6(7)4-10(12)13/h3,5H,1-2,4H2,(H,12,13)/p-1. The van der Waals surface area contributed by atoms with Crippen molar-refractivity contribution in [3.63, 3.8) is 0 Å². The van der Waals surface area contributed by atoms with Crippen molar-refractivity contribution in [2.24, 2.45) is 0 Å². The normalized spacial score (nSPS) is 13.7. The number of carbonyl (C=O) groups excluding carboxylic acids is 1. The van der Waals surface area contributed by atoms with Gasteiger partial charge in [0.05, 0.1) is 0 Å². The first kappa shape index (κ1) is 10.3. The number of benzene rings is 1. The number of carbonyl (C=O) groups is 1. The third kappa shape index (κ3) is 2.23. The molecule has 1 aromatic carbocycles. The van der Waals surface area contributed by atoms with E-state index in [1.807, 2.05) is 0 Å². The Bertz CT molecular complexity index is 403. The Morgan fingerprint density at radius 3 is 2.53 bits per heavy atom. The molecular weight excluding hydrogens is 264 g/mol. The maximum atomic E-state index is 10.5. The molecular formula is C10H8BrO4-. The number of carboxylic acids is 1.